The highest BCUT2D eigenvalue weighted by molar-refractivity contribution is 6.15. The van der Waals surface area contributed by atoms with Gasteiger partial charge in [0.05, 0.1) is 6.04 Å². The van der Waals surface area contributed by atoms with Gasteiger partial charge < -0.3 is 9.32 Å². The van der Waals surface area contributed by atoms with Gasteiger partial charge in [-0.25, -0.2) is 0 Å². The van der Waals surface area contributed by atoms with Crippen LogP contribution in [-0.4, -0.2) is 6.04 Å². The first-order valence-electron chi connectivity index (χ1n) is 17.4. The molecule has 0 saturated carbocycles. The van der Waals surface area contributed by atoms with E-state index in [0.717, 1.165) is 33.7 Å². The number of furan rings is 1. The van der Waals surface area contributed by atoms with Crippen molar-refractivity contribution in [2.24, 2.45) is 0 Å². The van der Waals surface area contributed by atoms with Crippen molar-refractivity contribution in [1.29, 1.82) is 0 Å². The van der Waals surface area contributed by atoms with E-state index in [1.165, 1.54) is 60.6 Å². The smallest absolute Gasteiger partial charge is 0.143 e. The maximum Gasteiger partial charge on any atom is 0.143 e. The molecule has 1 aliphatic carbocycles. The Balaban J connectivity index is 1.15. The Kier molecular flexibility index (Phi) is 6.67. The van der Waals surface area contributed by atoms with Crippen LogP contribution in [0.15, 0.2) is 186 Å². The van der Waals surface area contributed by atoms with Crippen LogP contribution in [-0.2, 0) is 0 Å². The van der Waals surface area contributed by atoms with Gasteiger partial charge in [-0.05, 0) is 75.0 Å². The fourth-order valence-electron chi connectivity index (χ4n) is 8.05. The normalized spacial score (nSPS) is 14.6. The molecule has 0 aliphatic heterocycles. The summed E-state index contributed by atoms with van der Waals surface area (Å²) in [5, 5.41) is 9.64. The summed E-state index contributed by atoms with van der Waals surface area (Å²) < 4.78 is 6.51. The highest BCUT2D eigenvalue weighted by Gasteiger charge is 2.26. The summed E-state index contributed by atoms with van der Waals surface area (Å²) in [7, 11) is 0. The molecule has 236 valence electrons. The number of nitrogens with zero attached hydrogens (tertiary/aromatic N) is 1. The lowest BCUT2D eigenvalue weighted by Gasteiger charge is -2.36. The van der Waals surface area contributed by atoms with Crippen molar-refractivity contribution < 1.29 is 4.42 Å². The van der Waals surface area contributed by atoms with E-state index in [-0.39, 0.29) is 6.04 Å². The first kappa shape index (κ1) is 28.6. The van der Waals surface area contributed by atoms with Gasteiger partial charge in [-0.2, -0.15) is 0 Å². The fraction of sp³-hybridized carbons (Fsp3) is 0.0417. The molecule has 1 heterocycles. The van der Waals surface area contributed by atoms with Crippen LogP contribution in [0.25, 0.3) is 71.0 Å². The summed E-state index contributed by atoms with van der Waals surface area (Å²) in [6.07, 6.45) is 7.79. The SMILES string of the molecule is C1=CC(N(c2ccccc2-c2ccc3oc4c5ccccc5ccc4c3c2)c2cccc3ccccc23)CC(c2cccc3ccccc23)=C1. The van der Waals surface area contributed by atoms with Crippen LogP contribution in [0, 0.1) is 0 Å². The number of hydrogen-bond donors (Lipinski definition) is 0. The maximum atomic E-state index is 6.51. The quantitative estimate of drug-likeness (QED) is 0.186. The van der Waals surface area contributed by atoms with Crippen LogP contribution in [0.1, 0.15) is 12.0 Å². The molecule has 9 aromatic rings. The molecule has 1 aliphatic rings. The van der Waals surface area contributed by atoms with Crippen molar-refractivity contribution in [2.45, 2.75) is 12.5 Å². The lowest BCUT2D eigenvalue weighted by Crippen LogP contribution is -2.31. The molecule has 2 nitrogen and oxygen atoms in total. The first-order chi connectivity index (χ1) is 24.8. The number of para-hydroxylation sites is 1. The lowest BCUT2D eigenvalue weighted by atomic mass is 9.89. The summed E-state index contributed by atoms with van der Waals surface area (Å²) in [5.41, 5.74) is 9.22. The minimum Gasteiger partial charge on any atom is -0.455 e. The van der Waals surface area contributed by atoms with Gasteiger partial charge in [0.1, 0.15) is 11.2 Å². The summed E-state index contributed by atoms with van der Waals surface area (Å²) in [6.45, 7) is 0. The van der Waals surface area contributed by atoms with Crippen LogP contribution >= 0.6 is 0 Å². The van der Waals surface area contributed by atoms with Gasteiger partial charge in [0.2, 0.25) is 0 Å². The van der Waals surface area contributed by atoms with Gasteiger partial charge in [-0.15, -0.1) is 0 Å². The monoisotopic (exact) mass is 639 g/mol. The highest BCUT2D eigenvalue weighted by Crippen LogP contribution is 2.44. The standard InChI is InChI=1S/C48H33NO/c1-4-19-38-32(12-1)15-10-23-39(38)35-17-9-18-37(30-35)49(46-25-11-16-33-13-2-5-20-40(33)46)45-24-8-7-21-41(45)36-27-29-47-44(31-36)43-28-26-34-14-3-6-22-42(34)48(43)50-47/h1-29,31,37H,30H2. The van der Waals surface area contributed by atoms with E-state index in [4.69, 9.17) is 4.42 Å². The van der Waals surface area contributed by atoms with Crippen molar-refractivity contribution in [1.82, 2.24) is 0 Å². The molecular formula is C48H33NO. The largest absolute Gasteiger partial charge is 0.455 e. The van der Waals surface area contributed by atoms with Gasteiger partial charge in [0, 0.05) is 38.5 Å². The molecule has 1 atom stereocenters. The molecule has 0 N–H and O–H groups in total. The second kappa shape index (κ2) is 11.6. The average Bonchev–Trinajstić information content (AvgIpc) is 3.57. The van der Waals surface area contributed by atoms with Gasteiger partial charge in [-0.3, -0.25) is 0 Å². The van der Waals surface area contributed by atoms with E-state index < -0.39 is 0 Å². The molecule has 2 heteroatoms. The molecule has 0 bridgehead atoms. The zero-order chi connectivity index (χ0) is 33.0. The highest BCUT2D eigenvalue weighted by atomic mass is 16.3. The van der Waals surface area contributed by atoms with Crippen LogP contribution in [0.5, 0.6) is 0 Å². The molecule has 1 unspecified atom stereocenters. The van der Waals surface area contributed by atoms with Crippen molar-refractivity contribution in [3.05, 3.63) is 188 Å². The maximum absolute atomic E-state index is 6.51. The van der Waals surface area contributed by atoms with Gasteiger partial charge in [-0.1, -0.05) is 152 Å². The van der Waals surface area contributed by atoms with Crippen molar-refractivity contribution >= 4 is 71.2 Å². The van der Waals surface area contributed by atoms with E-state index in [9.17, 15) is 0 Å². The molecule has 0 radical (unpaired) electrons. The van der Waals surface area contributed by atoms with Gasteiger partial charge in [0.25, 0.3) is 0 Å². The zero-order valence-electron chi connectivity index (χ0n) is 27.5. The van der Waals surface area contributed by atoms with Crippen LogP contribution in [0.4, 0.5) is 11.4 Å². The number of hydrogen-bond acceptors (Lipinski definition) is 2. The third-order valence-corrected chi connectivity index (χ3v) is 10.4. The first-order valence-corrected chi connectivity index (χ1v) is 17.4. The van der Waals surface area contributed by atoms with Crippen molar-refractivity contribution in [2.75, 3.05) is 4.90 Å². The lowest BCUT2D eigenvalue weighted by molar-refractivity contribution is 0.672. The summed E-state index contributed by atoms with van der Waals surface area (Å²) in [5.74, 6) is 0. The Morgan fingerprint density at radius 1 is 0.480 bits per heavy atom. The van der Waals surface area contributed by atoms with Crippen molar-refractivity contribution in [3.8, 4) is 11.1 Å². The molecule has 50 heavy (non-hydrogen) atoms. The average molecular weight is 640 g/mol. The Labute approximate surface area is 290 Å². The number of fused-ring (bicyclic) bond motifs is 7. The van der Waals surface area contributed by atoms with E-state index in [2.05, 4.69) is 187 Å². The summed E-state index contributed by atoms with van der Waals surface area (Å²) >= 11 is 0. The molecule has 0 spiro atoms. The molecule has 8 aromatic carbocycles. The number of allylic oxidation sites excluding steroid dienone is 2. The zero-order valence-corrected chi connectivity index (χ0v) is 27.5. The Morgan fingerprint density at radius 2 is 1.12 bits per heavy atom. The minimum atomic E-state index is 0.0887. The minimum absolute atomic E-state index is 0.0887. The van der Waals surface area contributed by atoms with E-state index in [0.29, 0.717) is 0 Å². The third kappa shape index (κ3) is 4.64. The molecule has 0 amide bonds. The summed E-state index contributed by atoms with van der Waals surface area (Å²) in [4.78, 5) is 2.57. The van der Waals surface area contributed by atoms with Gasteiger partial charge >= 0.3 is 0 Å². The van der Waals surface area contributed by atoms with Crippen molar-refractivity contribution in [3.63, 3.8) is 0 Å². The number of anilines is 2. The van der Waals surface area contributed by atoms with Gasteiger partial charge in [0.15, 0.2) is 0 Å². The second-order valence-corrected chi connectivity index (χ2v) is 13.2. The Morgan fingerprint density at radius 3 is 1.98 bits per heavy atom. The molecule has 0 fully saturated rings. The van der Waals surface area contributed by atoms with Crippen LogP contribution < -0.4 is 4.90 Å². The third-order valence-electron chi connectivity index (χ3n) is 10.4. The second-order valence-electron chi connectivity index (χ2n) is 13.2. The Hall–Kier alpha value is -6.38. The topological polar surface area (TPSA) is 16.4 Å². The predicted octanol–water partition coefficient (Wildman–Crippen LogP) is 13.3. The molecular weight excluding hydrogens is 607 g/mol. The predicted molar refractivity (Wildman–Crippen MR) is 212 cm³/mol. The van der Waals surface area contributed by atoms with E-state index in [1.54, 1.807) is 0 Å². The molecule has 0 saturated heterocycles. The van der Waals surface area contributed by atoms with Crippen LogP contribution in [0.3, 0.4) is 0 Å². The van der Waals surface area contributed by atoms with Crippen LogP contribution in [0.2, 0.25) is 0 Å². The molecule has 1 aromatic heterocycles. The summed E-state index contributed by atoms with van der Waals surface area (Å²) in [6, 6.07) is 59.3. The molecule has 10 rings (SSSR count). The number of benzene rings is 8. The Bertz CT molecular complexity index is 2810. The van der Waals surface area contributed by atoms with E-state index in [1.807, 2.05) is 0 Å². The fourth-order valence-corrected chi connectivity index (χ4v) is 8.05. The number of rotatable bonds is 5. The van der Waals surface area contributed by atoms with E-state index >= 15 is 0 Å².